The summed E-state index contributed by atoms with van der Waals surface area (Å²) in [5.74, 6) is -1.34. The van der Waals surface area contributed by atoms with Crippen LogP contribution < -0.4 is 5.32 Å². The molecule has 0 radical (unpaired) electrons. The summed E-state index contributed by atoms with van der Waals surface area (Å²) in [6, 6.07) is 8.88. The third-order valence-corrected chi connectivity index (χ3v) is 3.07. The number of rotatable bonds is 6. The van der Waals surface area contributed by atoms with E-state index >= 15 is 0 Å². The maximum Gasteiger partial charge on any atom is 0.305 e. The van der Waals surface area contributed by atoms with E-state index in [-0.39, 0.29) is 18.8 Å². The van der Waals surface area contributed by atoms with Crippen molar-refractivity contribution in [1.29, 1.82) is 0 Å². The van der Waals surface area contributed by atoms with Crippen molar-refractivity contribution < 1.29 is 23.8 Å². The fourth-order valence-corrected chi connectivity index (χ4v) is 2.21. The van der Waals surface area contributed by atoms with Crippen LogP contribution in [0.4, 0.5) is 0 Å². The molecule has 21 heavy (non-hydrogen) atoms. The van der Waals surface area contributed by atoms with Crippen LogP contribution in [-0.4, -0.2) is 36.2 Å². The van der Waals surface area contributed by atoms with E-state index in [1.54, 1.807) is 19.1 Å². The topological polar surface area (TPSA) is 88.8 Å². The number of carbonyl (C=O) groups excluding carboxylic acids is 1. The summed E-state index contributed by atoms with van der Waals surface area (Å²) in [6.07, 6.45) is -0.243. The van der Waals surface area contributed by atoms with E-state index in [1.807, 2.05) is 18.2 Å². The van der Waals surface area contributed by atoms with E-state index in [2.05, 4.69) is 5.32 Å². The van der Waals surface area contributed by atoms with Crippen molar-refractivity contribution >= 4 is 22.8 Å². The van der Waals surface area contributed by atoms with Crippen LogP contribution in [0, 0.1) is 0 Å². The molecule has 1 amide bonds. The molecule has 112 valence electrons. The molecule has 2 rings (SSSR count). The van der Waals surface area contributed by atoms with Crippen molar-refractivity contribution in [3.05, 3.63) is 36.1 Å². The van der Waals surface area contributed by atoms with Crippen molar-refractivity contribution in [1.82, 2.24) is 5.32 Å². The number of ether oxygens (including phenoxy) is 1. The van der Waals surface area contributed by atoms with Crippen LogP contribution in [0.2, 0.25) is 0 Å². The molecule has 0 aliphatic heterocycles. The molecule has 1 atom stereocenters. The zero-order valence-electron chi connectivity index (χ0n) is 11.9. The Balaban J connectivity index is 2.19. The van der Waals surface area contributed by atoms with Gasteiger partial charge in [-0.3, -0.25) is 9.59 Å². The first-order valence-electron chi connectivity index (χ1n) is 6.45. The number of benzene rings is 1. The van der Waals surface area contributed by atoms with Gasteiger partial charge in [-0.25, -0.2) is 0 Å². The number of hydrogen-bond donors (Lipinski definition) is 2. The van der Waals surface area contributed by atoms with E-state index in [9.17, 15) is 9.59 Å². The average Bonchev–Trinajstić information content (AvgIpc) is 2.81. The summed E-state index contributed by atoms with van der Waals surface area (Å²) in [5, 5.41) is 12.4. The molecule has 0 aliphatic rings. The van der Waals surface area contributed by atoms with Crippen LogP contribution in [0.25, 0.3) is 11.0 Å². The molecule has 0 saturated heterocycles. The lowest BCUT2D eigenvalue weighted by molar-refractivity contribution is -0.139. The van der Waals surface area contributed by atoms with Gasteiger partial charge in [0.15, 0.2) is 5.76 Å². The lowest BCUT2D eigenvalue weighted by Gasteiger charge is -2.27. The van der Waals surface area contributed by atoms with Gasteiger partial charge in [0.1, 0.15) is 5.58 Å². The second-order valence-corrected chi connectivity index (χ2v) is 5.17. The average molecular weight is 291 g/mol. The van der Waals surface area contributed by atoms with Gasteiger partial charge in [0.05, 0.1) is 18.6 Å². The molecule has 0 aliphatic carbocycles. The fourth-order valence-electron chi connectivity index (χ4n) is 2.21. The first kappa shape index (κ1) is 15.1. The molecule has 1 unspecified atom stereocenters. The van der Waals surface area contributed by atoms with E-state index in [1.165, 1.54) is 7.11 Å². The first-order chi connectivity index (χ1) is 9.93. The summed E-state index contributed by atoms with van der Waals surface area (Å²) in [4.78, 5) is 23.2. The van der Waals surface area contributed by atoms with Crippen molar-refractivity contribution in [3.63, 3.8) is 0 Å². The van der Waals surface area contributed by atoms with Gasteiger partial charge in [0.25, 0.3) is 5.91 Å². The Hall–Kier alpha value is -2.34. The van der Waals surface area contributed by atoms with Crippen molar-refractivity contribution in [2.24, 2.45) is 0 Å². The largest absolute Gasteiger partial charge is 0.481 e. The van der Waals surface area contributed by atoms with Gasteiger partial charge in [-0.15, -0.1) is 0 Å². The number of hydrogen-bond acceptors (Lipinski definition) is 4. The molecule has 6 nitrogen and oxygen atoms in total. The van der Waals surface area contributed by atoms with Crippen molar-refractivity contribution in [2.45, 2.75) is 18.9 Å². The van der Waals surface area contributed by atoms with Crippen LogP contribution in [0.5, 0.6) is 0 Å². The van der Waals surface area contributed by atoms with Crippen molar-refractivity contribution in [3.8, 4) is 0 Å². The molecular formula is C15H17NO5. The van der Waals surface area contributed by atoms with Crippen molar-refractivity contribution in [2.75, 3.05) is 13.7 Å². The standard InChI is InChI=1S/C15H17NO5/c1-15(9-20-2,8-13(17)18)16-14(19)12-7-10-5-3-4-6-11(10)21-12/h3-7H,8-9H2,1-2H3,(H,16,19)(H,17,18). The summed E-state index contributed by atoms with van der Waals surface area (Å²) < 4.78 is 10.5. The summed E-state index contributed by atoms with van der Waals surface area (Å²) in [5.41, 5.74) is -0.397. The molecule has 0 spiro atoms. The molecule has 1 heterocycles. The van der Waals surface area contributed by atoms with E-state index in [0.29, 0.717) is 5.58 Å². The molecule has 0 fully saturated rings. The predicted octanol–water partition coefficient (Wildman–Crippen LogP) is 2.04. The second-order valence-electron chi connectivity index (χ2n) is 5.17. The number of para-hydroxylation sites is 1. The maximum absolute atomic E-state index is 12.2. The summed E-state index contributed by atoms with van der Waals surface area (Å²) >= 11 is 0. The predicted molar refractivity (Wildman–Crippen MR) is 76.2 cm³/mol. The Morgan fingerprint density at radius 1 is 1.38 bits per heavy atom. The van der Waals surface area contributed by atoms with Crippen LogP contribution in [0.1, 0.15) is 23.9 Å². The number of carbonyl (C=O) groups is 2. The Morgan fingerprint density at radius 3 is 2.71 bits per heavy atom. The number of methoxy groups -OCH3 is 1. The minimum Gasteiger partial charge on any atom is -0.481 e. The highest BCUT2D eigenvalue weighted by Crippen LogP contribution is 2.20. The SMILES string of the molecule is COCC(C)(CC(=O)O)NC(=O)c1cc2ccccc2o1. The fraction of sp³-hybridized carbons (Fsp3) is 0.333. The van der Waals surface area contributed by atoms with E-state index in [4.69, 9.17) is 14.3 Å². The van der Waals surface area contributed by atoms with Gasteiger partial charge >= 0.3 is 5.97 Å². The number of fused-ring (bicyclic) bond motifs is 1. The Labute approximate surface area is 121 Å². The van der Waals surface area contributed by atoms with E-state index in [0.717, 1.165) is 5.39 Å². The Bertz CT molecular complexity index is 630. The van der Waals surface area contributed by atoms with Gasteiger partial charge < -0.3 is 19.6 Å². The maximum atomic E-state index is 12.2. The third-order valence-electron chi connectivity index (χ3n) is 3.07. The molecule has 6 heteroatoms. The highest BCUT2D eigenvalue weighted by Gasteiger charge is 2.31. The highest BCUT2D eigenvalue weighted by molar-refractivity contribution is 5.96. The molecule has 0 bridgehead atoms. The number of aliphatic carboxylic acids is 1. The monoisotopic (exact) mass is 291 g/mol. The van der Waals surface area contributed by atoms with Crippen LogP contribution in [0.15, 0.2) is 34.7 Å². The van der Waals surface area contributed by atoms with Crippen LogP contribution in [0.3, 0.4) is 0 Å². The van der Waals surface area contributed by atoms with Crippen LogP contribution in [-0.2, 0) is 9.53 Å². The lowest BCUT2D eigenvalue weighted by atomic mass is 9.99. The van der Waals surface area contributed by atoms with Gasteiger partial charge in [0.2, 0.25) is 0 Å². The van der Waals surface area contributed by atoms with Gasteiger partial charge in [-0.1, -0.05) is 18.2 Å². The Kier molecular flexibility index (Phi) is 4.28. The molecular weight excluding hydrogens is 274 g/mol. The zero-order valence-corrected chi connectivity index (χ0v) is 11.9. The number of carboxylic acid groups (broad SMARTS) is 1. The molecule has 2 aromatic rings. The third kappa shape index (κ3) is 3.61. The number of carboxylic acids is 1. The number of nitrogens with one attached hydrogen (secondary N) is 1. The lowest BCUT2D eigenvalue weighted by Crippen LogP contribution is -2.50. The smallest absolute Gasteiger partial charge is 0.305 e. The van der Waals surface area contributed by atoms with Gasteiger partial charge in [0, 0.05) is 12.5 Å². The van der Waals surface area contributed by atoms with Crippen LogP contribution >= 0.6 is 0 Å². The highest BCUT2D eigenvalue weighted by atomic mass is 16.5. The second kappa shape index (κ2) is 5.97. The quantitative estimate of drug-likeness (QED) is 0.850. The summed E-state index contributed by atoms with van der Waals surface area (Å²) in [6.45, 7) is 1.70. The Morgan fingerprint density at radius 2 is 2.10 bits per heavy atom. The minimum atomic E-state index is -1.01. The molecule has 2 N–H and O–H groups in total. The minimum absolute atomic E-state index is 0.0886. The van der Waals surface area contributed by atoms with Gasteiger partial charge in [-0.2, -0.15) is 0 Å². The zero-order chi connectivity index (χ0) is 15.5. The molecule has 0 saturated carbocycles. The molecule has 1 aromatic heterocycles. The normalized spacial score (nSPS) is 13.8. The number of amides is 1. The molecule has 1 aromatic carbocycles. The number of furan rings is 1. The van der Waals surface area contributed by atoms with E-state index < -0.39 is 17.4 Å². The summed E-state index contributed by atoms with van der Waals surface area (Å²) in [7, 11) is 1.45. The first-order valence-corrected chi connectivity index (χ1v) is 6.45. The van der Waals surface area contributed by atoms with Gasteiger partial charge in [-0.05, 0) is 19.1 Å².